The van der Waals surface area contributed by atoms with Gasteiger partial charge in [0.05, 0.1) is 48.6 Å². The summed E-state index contributed by atoms with van der Waals surface area (Å²) >= 11 is 0. The first-order chi connectivity index (χ1) is 20.0. The van der Waals surface area contributed by atoms with Crippen molar-refractivity contribution >= 4 is 22.5 Å². The first-order valence-corrected chi connectivity index (χ1v) is 12.4. The van der Waals surface area contributed by atoms with E-state index in [1.807, 2.05) is 86.5 Å². The van der Waals surface area contributed by atoms with E-state index in [0.29, 0.717) is 11.1 Å². The van der Waals surface area contributed by atoms with Crippen LogP contribution in [0, 0.1) is 112 Å². The predicted molar refractivity (Wildman–Crippen MR) is 150 cm³/mol. The first-order valence-electron chi connectivity index (χ1n) is 12.4. The summed E-state index contributed by atoms with van der Waals surface area (Å²) in [6.45, 7) is 0. The van der Waals surface area contributed by atoms with Crippen molar-refractivity contribution in [1.29, 1.82) is 42.1 Å². The van der Waals surface area contributed by atoms with Crippen LogP contribution in [0.15, 0.2) is 59.7 Å². The van der Waals surface area contributed by atoms with Gasteiger partial charge in [0.2, 0.25) is 21.7 Å². The highest BCUT2D eigenvalue weighted by molar-refractivity contribution is 6.03. The molecule has 0 saturated carbocycles. The molecule has 0 unspecified atom stereocenters. The van der Waals surface area contributed by atoms with Crippen LogP contribution in [0.3, 0.4) is 0 Å². The molecule has 198 valence electrons. The lowest BCUT2D eigenvalue weighted by atomic mass is 9.37. The van der Waals surface area contributed by atoms with Crippen molar-refractivity contribution in [3.05, 3.63) is 70.8 Å². The van der Waals surface area contributed by atoms with Gasteiger partial charge in [-0.2, -0.15) is 42.1 Å². The molecule has 42 heavy (non-hydrogen) atoms. The summed E-state index contributed by atoms with van der Waals surface area (Å²) in [6.07, 6.45) is 0. The molecule has 0 aromatic heterocycles. The van der Waals surface area contributed by atoms with Gasteiger partial charge in [0.25, 0.3) is 0 Å². The fourth-order valence-corrected chi connectivity index (χ4v) is 5.79. The smallest absolute Gasteiger partial charge is 0.205 e. The maximum Gasteiger partial charge on any atom is 0.205 e. The lowest BCUT2D eigenvalue weighted by Crippen LogP contribution is -2.58. The highest BCUT2D eigenvalue weighted by Crippen LogP contribution is 2.74. The van der Waals surface area contributed by atoms with Gasteiger partial charge < -0.3 is 9.80 Å². The molecule has 2 aliphatic rings. The number of hydrogen-bond acceptors (Lipinski definition) is 10. The third-order valence-electron chi connectivity index (χ3n) is 8.06. The van der Waals surface area contributed by atoms with Crippen molar-refractivity contribution in [2.45, 2.75) is 0 Å². The van der Waals surface area contributed by atoms with Gasteiger partial charge in [0.15, 0.2) is 0 Å². The van der Waals surface area contributed by atoms with Gasteiger partial charge in [-0.1, -0.05) is 24.3 Å². The molecule has 10 heteroatoms. The molecule has 2 aromatic carbocycles. The van der Waals surface area contributed by atoms with Crippen LogP contribution in [0.1, 0.15) is 11.1 Å². The fraction of sp³-hybridized carbons (Fsp3) is 0.250. The Bertz CT molecular complexity index is 1720. The normalized spacial score (nSPS) is 17.9. The van der Waals surface area contributed by atoms with E-state index < -0.39 is 21.7 Å². The third-order valence-corrected chi connectivity index (χ3v) is 8.06. The summed E-state index contributed by atoms with van der Waals surface area (Å²) < 4.78 is 0. The Morgan fingerprint density at radius 3 is 0.786 bits per heavy atom. The largest absolute Gasteiger partial charge is 0.378 e. The van der Waals surface area contributed by atoms with Crippen LogP contribution in [0.4, 0.5) is 11.4 Å². The molecule has 2 aliphatic carbocycles. The second-order valence-corrected chi connectivity index (χ2v) is 10.3. The van der Waals surface area contributed by atoms with Crippen LogP contribution in [0.2, 0.25) is 0 Å². The van der Waals surface area contributed by atoms with E-state index in [2.05, 4.69) is 0 Å². The van der Waals surface area contributed by atoms with E-state index in [0.717, 1.165) is 11.4 Å². The second kappa shape index (κ2) is 9.57. The minimum absolute atomic E-state index is 0.0299. The lowest BCUT2D eigenvalue weighted by molar-refractivity contribution is 0.337. The van der Waals surface area contributed by atoms with Gasteiger partial charge in [-0.3, -0.25) is 0 Å². The highest BCUT2D eigenvalue weighted by atomic mass is 15.1. The Morgan fingerprint density at radius 1 is 0.381 bits per heavy atom. The van der Waals surface area contributed by atoms with Crippen molar-refractivity contribution in [3.63, 3.8) is 0 Å². The van der Waals surface area contributed by atoms with Gasteiger partial charge in [-0.05, 0) is 35.4 Å². The van der Waals surface area contributed by atoms with Crippen molar-refractivity contribution in [3.8, 4) is 48.6 Å². The first kappa shape index (κ1) is 28.4. The molecule has 0 saturated heterocycles. The van der Waals surface area contributed by atoms with E-state index >= 15 is 0 Å². The van der Waals surface area contributed by atoms with Crippen molar-refractivity contribution in [2.75, 3.05) is 38.0 Å². The molecule has 2 aromatic rings. The van der Waals surface area contributed by atoms with E-state index in [9.17, 15) is 42.1 Å². The molecule has 4 rings (SSSR count). The van der Waals surface area contributed by atoms with E-state index in [4.69, 9.17) is 0 Å². The van der Waals surface area contributed by atoms with E-state index in [1.165, 1.54) is 0 Å². The SMILES string of the molecule is CN(C)c1ccc(C2=C(C3=C(c4ccc(N(C)C)cc4)C(C#N)(C#N)C3(C#N)C#N)C(C#N)(C#N)C2(C#N)C#N)cc1. The minimum atomic E-state index is -2.44. The van der Waals surface area contributed by atoms with Gasteiger partial charge in [-0.25, -0.2) is 0 Å². The Hall–Kier alpha value is -6.56. The van der Waals surface area contributed by atoms with Crippen molar-refractivity contribution in [1.82, 2.24) is 0 Å². The molecule has 10 nitrogen and oxygen atoms in total. The molecule has 0 N–H and O–H groups in total. The monoisotopic (exact) mass is 544 g/mol. The third kappa shape index (κ3) is 3.05. The minimum Gasteiger partial charge on any atom is -0.378 e. The average molecular weight is 545 g/mol. The number of allylic oxidation sites excluding steroid dienone is 4. The topological polar surface area (TPSA) is 197 Å². The van der Waals surface area contributed by atoms with Gasteiger partial charge in [0.1, 0.15) is 0 Å². The maximum absolute atomic E-state index is 10.4. The summed E-state index contributed by atoms with van der Waals surface area (Å²) in [6, 6.07) is 28.1. The summed E-state index contributed by atoms with van der Waals surface area (Å²) in [5.74, 6) is 0. The molecule has 0 atom stereocenters. The summed E-state index contributed by atoms with van der Waals surface area (Å²) in [7, 11) is 7.27. The summed E-state index contributed by atoms with van der Waals surface area (Å²) in [4.78, 5) is 3.65. The average Bonchev–Trinajstić information content (AvgIpc) is 3.00. The molecule has 0 aliphatic heterocycles. The van der Waals surface area contributed by atoms with Crippen LogP contribution in [0.5, 0.6) is 0 Å². The summed E-state index contributed by atoms with van der Waals surface area (Å²) in [5, 5.41) is 83.0. The number of anilines is 2. The molecule has 0 amide bonds. The van der Waals surface area contributed by atoms with Crippen LogP contribution >= 0.6 is 0 Å². The number of nitrogens with zero attached hydrogens (tertiary/aromatic N) is 10. The zero-order valence-corrected chi connectivity index (χ0v) is 23.1. The maximum atomic E-state index is 10.4. The molecule has 0 heterocycles. The Morgan fingerprint density at radius 2 is 0.595 bits per heavy atom. The molecule has 0 bridgehead atoms. The number of rotatable bonds is 5. The van der Waals surface area contributed by atoms with Crippen LogP contribution < -0.4 is 9.80 Å². The Balaban J connectivity index is 2.28. The standard InChI is InChI=1S/C32H20N10/c1-41(2)23-9-5-21(6-10-23)25-27(31(17-37,18-38)29(25,13-33)14-34)28-26(22-7-11-24(12-8-22)42(3)4)30(15-35,16-36)32(28,19-39)20-40/h5-12H,1-4H3. The molecular formula is C32H20N10. The molecular weight excluding hydrogens is 524 g/mol. The van der Waals surface area contributed by atoms with Gasteiger partial charge in [-0.15, -0.1) is 0 Å². The summed E-state index contributed by atoms with van der Waals surface area (Å²) in [5.41, 5.74) is -7.72. The molecule has 0 radical (unpaired) electrons. The molecule has 0 spiro atoms. The fourth-order valence-electron chi connectivity index (χ4n) is 5.79. The Labute approximate surface area is 243 Å². The number of benzene rings is 2. The van der Waals surface area contributed by atoms with Crippen LogP contribution in [-0.4, -0.2) is 28.2 Å². The molecule has 0 fully saturated rings. The number of nitriles is 8. The highest BCUT2D eigenvalue weighted by Gasteiger charge is 2.77. The van der Waals surface area contributed by atoms with Gasteiger partial charge >= 0.3 is 0 Å². The zero-order chi connectivity index (χ0) is 31.1. The van der Waals surface area contributed by atoms with E-state index in [1.54, 1.807) is 48.5 Å². The van der Waals surface area contributed by atoms with Crippen LogP contribution in [0.25, 0.3) is 11.1 Å². The quantitative estimate of drug-likeness (QED) is 0.526. The number of hydrogen-bond donors (Lipinski definition) is 0. The Kier molecular flexibility index (Phi) is 6.48. The lowest BCUT2D eigenvalue weighted by Gasteiger charge is -2.54. The van der Waals surface area contributed by atoms with Crippen LogP contribution in [-0.2, 0) is 0 Å². The van der Waals surface area contributed by atoms with Crippen molar-refractivity contribution in [2.24, 2.45) is 21.7 Å². The van der Waals surface area contributed by atoms with Crippen molar-refractivity contribution < 1.29 is 0 Å². The second-order valence-electron chi connectivity index (χ2n) is 10.3. The van der Waals surface area contributed by atoms with Gasteiger partial charge in [0, 0.05) is 61.9 Å². The predicted octanol–water partition coefficient (Wildman–Crippen LogP) is 4.19. The van der Waals surface area contributed by atoms with E-state index in [-0.39, 0.29) is 22.3 Å². The zero-order valence-electron chi connectivity index (χ0n) is 23.1.